The molecule has 1 aliphatic carbocycles. The smallest absolute Gasteiger partial charge is 0.314 e. The molecule has 1 fully saturated rings. The van der Waals surface area contributed by atoms with E-state index < -0.39 is 0 Å². The summed E-state index contributed by atoms with van der Waals surface area (Å²) in [6, 6.07) is 5.76. The zero-order valence-electron chi connectivity index (χ0n) is 11.5. The second kappa shape index (κ2) is 6.06. The van der Waals surface area contributed by atoms with E-state index in [1.165, 1.54) is 0 Å². The van der Waals surface area contributed by atoms with Crippen molar-refractivity contribution < 1.29 is 14.3 Å². The van der Waals surface area contributed by atoms with Crippen LogP contribution in [-0.4, -0.2) is 19.1 Å². The first-order valence-corrected chi connectivity index (χ1v) is 6.78. The minimum atomic E-state index is -0.156. The molecule has 1 saturated carbocycles. The van der Waals surface area contributed by atoms with Gasteiger partial charge < -0.3 is 15.2 Å². The summed E-state index contributed by atoms with van der Waals surface area (Å²) in [7, 11) is 1.58. The third-order valence-electron chi connectivity index (χ3n) is 3.37. The van der Waals surface area contributed by atoms with Gasteiger partial charge in [0.1, 0.15) is 0 Å². The van der Waals surface area contributed by atoms with Gasteiger partial charge in [-0.2, -0.15) is 0 Å². The summed E-state index contributed by atoms with van der Waals surface area (Å²) in [5.41, 5.74) is 7.03. The molecule has 0 saturated heterocycles. The van der Waals surface area contributed by atoms with Crippen molar-refractivity contribution in [1.29, 1.82) is 0 Å². The molecule has 1 atom stereocenters. The molecule has 1 aliphatic rings. The number of benzene rings is 1. The van der Waals surface area contributed by atoms with Crippen LogP contribution in [0.2, 0.25) is 0 Å². The normalized spacial score (nSPS) is 15.9. The fraction of sp³-hybridized carbons (Fsp3) is 0.533. The molecule has 0 heterocycles. The average Bonchev–Trinajstić information content (AvgIpc) is 3.24. The molecule has 0 spiro atoms. The highest BCUT2D eigenvalue weighted by atomic mass is 16.6. The van der Waals surface area contributed by atoms with E-state index in [-0.39, 0.29) is 17.9 Å². The second-order valence-corrected chi connectivity index (χ2v) is 5.05. The summed E-state index contributed by atoms with van der Waals surface area (Å²) in [4.78, 5) is 11.7. The zero-order valence-corrected chi connectivity index (χ0v) is 11.5. The maximum Gasteiger partial charge on any atom is 0.314 e. The van der Waals surface area contributed by atoms with Gasteiger partial charge >= 0.3 is 5.97 Å². The SMILES string of the molecule is CCC(N)Cc1ccc(OC(=O)C2CC2)c(OC)c1. The lowest BCUT2D eigenvalue weighted by Crippen LogP contribution is -2.21. The van der Waals surface area contributed by atoms with Crippen molar-refractivity contribution in [2.75, 3.05) is 7.11 Å². The highest BCUT2D eigenvalue weighted by Crippen LogP contribution is 2.34. The number of ether oxygens (including phenoxy) is 2. The van der Waals surface area contributed by atoms with Gasteiger partial charge in [-0.25, -0.2) is 0 Å². The summed E-state index contributed by atoms with van der Waals surface area (Å²) in [6.45, 7) is 2.06. The average molecular weight is 263 g/mol. The van der Waals surface area contributed by atoms with E-state index in [9.17, 15) is 4.79 Å². The summed E-state index contributed by atoms with van der Waals surface area (Å²) < 4.78 is 10.6. The van der Waals surface area contributed by atoms with Crippen LogP contribution in [0.3, 0.4) is 0 Å². The van der Waals surface area contributed by atoms with Crippen molar-refractivity contribution in [2.45, 2.75) is 38.6 Å². The fourth-order valence-electron chi connectivity index (χ4n) is 1.88. The zero-order chi connectivity index (χ0) is 13.8. The summed E-state index contributed by atoms with van der Waals surface area (Å²) >= 11 is 0. The Kier molecular flexibility index (Phi) is 4.43. The Hall–Kier alpha value is -1.55. The molecule has 0 radical (unpaired) electrons. The van der Waals surface area contributed by atoms with Crippen molar-refractivity contribution in [3.63, 3.8) is 0 Å². The molecule has 0 aliphatic heterocycles. The summed E-state index contributed by atoms with van der Waals surface area (Å²) in [6.07, 6.45) is 3.60. The van der Waals surface area contributed by atoms with Crippen LogP contribution in [0.15, 0.2) is 18.2 Å². The molecule has 2 N–H and O–H groups in total. The Morgan fingerprint density at radius 2 is 2.16 bits per heavy atom. The molecule has 1 aromatic carbocycles. The van der Waals surface area contributed by atoms with Crippen LogP contribution in [0.5, 0.6) is 11.5 Å². The van der Waals surface area contributed by atoms with Crippen molar-refractivity contribution in [2.24, 2.45) is 11.7 Å². The molecule has 1 unspecified atom stereocenters. The molecular formula is C15H21NO3. The van der Waals surface area contributed by atoms with E-state index >= 15 is 0 Å². The Morgan fingerprint density at radius 3 is 2.74 bits per heavy atom. The summed E-state index contributed by atoms with van der Waals surface area (Å²) in [5, 5.41) is 0. The van der Waals surface area contributed by atoms with E-state index in [0.717, 1.165) is 31.2 Å². The molecule has 1 aromatic rings. The quantitative estimate of drug-likeness (QED) is 0.632. The Balaban J connectivity index is 2.08. The first-order chi connectivity index (χ1) is 9.13. The first-order valence-electron chi connectivity index (χ1n) is 6.78. The number of esters is 1. The van der Waals surface area contributed by atoms with Crippen molar-refractivity contribution >= 4 is 5.97 Å². The molecule has 2 rings (SSSR count). The van der Waals surface area contributed by atoms with Gasteiger partial charge in [0.05, 0.1) is 13.0 Å². The highest BCUT2D eigenvalue weighted by molar-refractivity contribution is 5.78. The van der Waals surface area contributed by atoms with E-state index in [2.05, 4.69) is 6.92 Å². The van der Waals surface area contributed by atoms with Crippen molar-refractivity contribution in [1.82, 2.24) is 0 Å². The number of rotatable bonds is 6. The topological polar surface area (TPSA) is 61.5 Å². The number of nitrogens with two attached hydrogens (primary N) is 1. The fourth-order valence-corrected chi connectivity index (χ4v) is 1.88. The number of carbonyl (C=O) groups is 1. The molecule has 0 bridgehead atoms. The molecule has 4 heteroatoms. The van der Waals surface area contributed by atoms with Crippen LogP contribution in [0.4, 0.5) is 0 Å². The maximum absolute atomic E-state index is 11.7. The molecule has 4 nitrogen and oxygen atoms in total. The number of methoxy groups -OCH3 is 1. The molecular weight excluding hydrogens is 242 g/mol. The van der Waals surface area contributed by atoms with Gasteiger partial charge in [-0.1, -0.05) is 13.0 Å². The Bertz CT molecular complexity index is 455. The first kappa shape index (κ1) is 13.9. The highest BCUT2D eigenvalue weighted by Gasteiger charge is 2.32. The van der Waals surface area contributed by atoms with Gasteiger partial charge in [-0.15, -0.1) is 0 Å². The van der Waals surface area contributed by atoms with Gasteiger partial charge in [0, 0.05) is 6.04 Å². The molecule has 19 heavy (non-hydrogen) atoms. The largest absolute Gasteiger partial charge is 0.493 e. The number of carbonyl (C=O) groups excluding carboxylic acids is 1. The summed E-state index contributed by atoms with van der Waals surface area (Å²) in [5.74, 6) is 1.01. The van der Waals surface area contributed by atoms with Crippen LogP contribution < -0.4 is 15.2 Å². The van der Waals surface area contributed by atoms with Gasteiger partial charge in [0.25, 0.3) is 0 Å². The second-order valence-electron chi connectivity index (χ2n) is 5.05. The van der Waals surface area contributed by atoms with Crippen LogP contribution in [-0.2, 0) is 11.2 Å². The van der Waals surface area contributed by atoms with Gasteiger partial charge in [0.15, 0.2) is 11.5 Å². The Morgan fingerprint density at radius 1 is 1.42 bits per heavy atom. The van der Waals surface area contributed by atoms with E-state index in [1.54, 1.807) is 13.2 Å². The minimum absolute atomic E-state index is 0.0814. The van der Waals surface area contributed by atoms with Gasteiger partial charge in [-0.05, 0) is 43.4 Å². The van der Waals surface area contributed by atoms with Crippen LogP contribution in [0, 0.1) is 5.92 Å². The standard InChI is InChI=1S/C15H21NO3/c1-3-12(16)8-10-4-7-13(14(9-10)18-2)19-15(17)11-5-6-11/h4,7,9,11-12H,3,5-6,8,16H2,1-2H3. The lowest BCUT2D eigenvalue weighted by atomic mass is 10.0. The van der Waals surface area contributed by atoms with Crippen LogP contribution >= 0.6 is 0 Å². The minimum Gasteiger partial charge on any atom is -0.493 e. The molecule has 0 aromatic heterocycles. The van der Waals surface area contributed by atoms with Crippen LogP contribution in [0.1, 0.15) is 31.7 Å². The van der Waals surface area contributed by atoms with E-state index in [4.69, 9.17) is 15.2 Å². The van der Waals surface area contributed by atoms with Crippen LogP contribution in [0.25, 0.3) is 0 Å². The predicted molar refractivity (Wildman–Crippen MR) is 73.3 cm³/mol. The third-order valence-corrected chi connectivity index (χ3v) is 3.37. The Labute approximate surface area is 113 Å². The maximum atomic E-state index is 11.7. The number of hydrogen-bond acceptors (Lipinski definition) is 4. The third kappa shape index (κ3) is 3.70. The predicted octanol–water partition coefficient (Wildman–Crippen LogP) is 2.29. The lowest BCUT2D eigenvalue weighted by Gasteiger charge is -2.13. The molecule has 0 amide bonds. The lowest BCUT2D eigenvalue weighted by molar-refractivity contribution is -0.135. The number of hydrogen-bond donors (Lipinski definition) is 1. The molecule has 104 valence electrons. The monoisotopic (exact) mass is 263 g/mol. The van der Waals surface area contributed by atoms with Crippen molar-refractivity contribution in [3.8, 4) is 11.5 Å². The van der Waals surface area contributed by atoms with Gasteiger partial charge in [-0.3, -0.25) is 4.79 Å². The van der Waals surface area contributed by atoms with Crippen molar-refractivity contribution in [3.05, 3.63) is 23.8 Å². The van der Waals surface area contributed by atoms with Gasteiger partial charge in [0.2, 0.25) is 0 Å². The van der Waals surface area contributed by atoms with E-state index in [0.29, 0.717) is 11.5 Å². The van der Waals surface area contributed by atoms with E-state index in [1.807, 2.05) is 12.1 Å².